The molecule has 0 aromatic carbocycles. The average Bonchev–Trinajstić information content (AvgIpc) is 3.43. The largest absolute Gasteiger partial charge is 0.756 e. The Hall–Kier alpha value is -1.82. The Bertz CT molecular complexity index is 895. The van der Waals surface area contributed by atoms with Crippen LogP contribution in [-0.2, 0) is 39.1 Å². The predicted molar refractivity (Wildman–Crippen MR) is 159 cm³/mol. The van der Waals surface area contributed by atoms with E-state index in [4.69, 9.17) is 24.3 Å². The molecular weight excluding hydrogens is 563 g/mol. The van der Waals surface area contributed by atoms with E-state index in [0.29, 0.717) is 23.1 Å². The molecule has 42 heavy (non-hydrogen) atoms. The Morgan fingerprint density at radius 2 is 1.57 bits per heavy atom. The number of likely N-dealkylation sites (N-methyl/N-ethyl adjacent to an activating group) is 1. The first kappa shape index (κ1) is 38.2. The number of aromatic amines is 1. The number of aromatic nitrogens is 2. The quantitative estimate of drug-likeness (QED) is 0.0670. The number of phosphoric acid groups is 1. The number of nitrogens with one attached hydrogen (secondary N) is 1. The summed E-state index contributed by atoms with van der Waals surface area (Å²) in [6.45, 7) is 1.66. The lowest BCUT2D eigenvalue weighted by Gasteiger charge is -2.28. The molecular formula is C29H55N4O8P. The highest BCUT2D eigenvalue weighted by atomic mass is 31.2. The normalized spacial score (nSPS) is 14.7. The number of quaternary nitrogens is 1. The first-order valence-electron chi connectivity index (χ1n) is 15.4. The maximum Gasteiger partial charge on any atom is 0.323 e. The zero-order valence-corrected chi connectivity index (χ0v) is 27.1. The van der Waals surface area contributed by atoms with Crippen molar-refractivity contribution < 1.29 is 42.1 Å². The molecule has 0 aliphatic rings. The molecule has 12 nitrogen and oxygen atoms in total. The number of nitrogens with zero attached hydrogens (tertiary/aromatic N) is 2. The average molecular weight is 619 g/mol. The van der Waals surface area contributed by atoms with Crippen LogP contribution in [0, 0.1) is 0 Å². The van der Waals surface area contributed by atoms with Crippen LogP contribution in [0.5, 0.6) is 0 Å². The summed E-state index contributed by atoms with van der Waals surface area (Å²) < 4.78 is 33.2. The smallest absolute Gasteiger partial charge is 0.323 e. The molecule has 1 aromatic rings. The number of carbonyl (C=O) groups excluding carboxylic acids is 2. The lowest BCUT2D eigenvalue weighted by molar-refractivity contribution is -0.870. The van der Waals surface area contributed by atoms with Crippen molar-refractivity contribution in [3.63, 3.8) is 0 Å². The van der Waals surface area contributed by atoms with Crippen LogP contribution in [-0.4, -0.2) is 86.0 Å². The number of hydrogen-bond acceptors (Lipinski definition) is 10. The molecule has 2 unspecified atom stereocenters. The summed E-state index contributed by atoms with van der Waals surface area (Å²) in [5.41, 5.74) is 6.58. The van der Waals surface area contributed by atoms with Crippen molar-refractivity contribution in [2.45, 2.75) is 109 Å². The number of nitrogens with two attached hydrogens (primary N) is 1. The molecule has 0 radical (unpaired) electrons. The zero-order valence-electron chi connectivity index (χ0n) is 26.2. The standard InChI is InChI=1S/C29H55N4O8P/c1-5-6-7-8-9-10-11-12-13-14-15-16-17-28(34)38-22-26(23-40-42(36,37)39-19-18-33(2,3)4)41-29(35)27(30)20-25-21-31-24-32-25/h21,24,26-27H,5-20,22-23,30H2,1-4H3,(H-,31,32,36,37)/t26-,27?/m1/s1. The van der Waals surface area contributed by atoms with Crippen molar-refractivity contribution in [1.82, 2.24) is 9.97 Å². The molecule has 0 amide bonds. The molecule has 3 atom stereocenters. The second-order valence-electron chi connectivity index (χ2n) is 11.9. The third-order valence-corrected chi connectivity index (χ3v) is 7.64. The van der Waals surface area contributed by atoms with Gasteiger partial charge in [0, 0.05) is 24.7 Å². The second-order valence-corrected chi connectivity index (χ2v) is 13.3. The highest BCUT2D eigenvalue weighted by Gasteiger charge is 2.25. The Balaban J connectivity index is 2.42. The maximum atomic E-state index is 12.6. The van der Waals surface area contributed by atoms with Crippen molar-refractivity contribution in [3.05, 3.63) is 18.2 Å². The van der Waals surface area contributed by atoms with E-state index >= 15 is 0 Å². The number of esters is 2. The van der Waals surface area contributed by atoms with E-state index in [9.17, 15) is 19.0 Å². The number of unbranched alkanes of at least 4 members (excludes halogenated alkanes) is 11. The van der Waals surface area contributed by atoms with Crippen molar-refractivity contribution in [2.75, 3.05) is 47.5 Å². The molecule has 1 aromatic heterocycles. The van der Waals surface area contributed by atoms with E-state index < -0.39 is 38.5 Å². The molecule has 0 fully saturated rings. The molecule has 0 aliphatic heterocycles. The van der Waals surface area contributed by atoms with Gasteiger partial charge in [0.05, 0.1) is 34.1 Å². The van der Waals surface area contributed by atoms with Crippen LogP contribution < -0.4 is 10.6 Å². The minimum absolute atomic E-state index is 0.0716. The van der Waals surface area contributed by atoms with E-state index in [-0.39, 0.29) is 26.1 Å². The van der Waals surface area contributed by atoms with Gasteiger partial charge in [-0.2, -0.15) is 0 Å². The summed E-state index contributed by atoms with van der Waals surface area (Å²) >= 11 is 0. The summed E-state index contributed by atoms with van der Waals surface area (Å²) in [4.78, 5) is 43.8. The SMILES string of the molecule is CCCCCCCCCCCCCCC(=O)OC[C@H](COP(=O)([O-])OCC[N+](C)(C)C)OC(=O)C(N)Cc1cnc[nH]1. The number of carbonyl (C=O) groups is 2. The Labute approximate surface area is 252 Å². The Morgan fingerprint density at radius 3 is 2.12 bits per heavy atom. The first-order chi connectivity index (χ1) is 19.9. The summed E-state index contributed by atoms with van der Waals surface area (Å²) in [5.74, 6) is -1.24. The van der Waals surface area contributed by atoms with Crippen molar-refractivity contribution in [3.8, 4) is 0 Å². The second kappa shape index (κ2) is 21.8. The summed E-state index contributed by atoms with van der Waals surface area (Å²) in [7, 11) is 1.02. The van der Waals surface area contributed by atoms with Gasteiger partial charge in [-0.25, -0.2) is 4.98 Å². The maximum absolute atomic E-state index is 12.6. The predicted octanol–water partition coefficient (Wildman–Crippen LogP) is 4.03. The highest BCUT2D eigenvalue weighted by Crippen LogP contribution is 2.38. The van der Waals surface area contributed by atoms with Crippen LogP contribution in [0.3, 0.4) is 0 Å². The van der Waals surface area contributed by atoms with Gasteiger partial charge >= 0.3 is 11.9 Å². The number of phosphoric ester groups is 1. The topological polar surface area (TPSA) is 166 Å². The summed E-state index contributed by atoms with van der Waals surface area (Å²) in [6, 6.07) is -1.04. The molecule has 1 rings (SSSR count). The summed E-state index contributed by atoms with van der Waals surface area (Å²) in [5, 5.41) is 0. The molecule has 0 saturated carbocycles. The van der Waals surface area contributed by atoms with Crippen LogP contribution >= 0.6 is 7.82 Å². The van der Waals surface area contributed by atoms with Gasteiger partial charge in [-0.1, -0.05) is 77.6 Å². The van der Waals surface area contributed by atoms with Gasteiger partial charge in [-0.05, 0) is 6.42 Å². The van der Waals surface area contributed by atoms with Gasteiger partial charge in [-0.15, -0.1) is 0 Å². The van der Waals surface area contributed by atoms with E-state index in [1.807, 2.05) is 21.1 Å². The molecule has 1 heterocycles. The van der Waals surface area contributed by atoms with Gasteiger partial charge in [0.25, 0.3) is 7.82 Å². The highest BCUT2D eigenvalue weighted by molar-refractivity contribution is 7.45. The van der Waals surface area contributed by atoms with Gasteiger partial charge < -0.3 is 38.6 Å². The zero-order chi connectivity index (χ0) is 31.3. The monoisotopic (exact) mass is 618 g/mol. The number of hydrogen-bond donors (Lipinski definition) is 2. The lowest BCUT2D eigenvalue weighted by atomic mass is 10.0. The number of ether oxygens (including phenoxy) is 2. The summed E-state index contributed by atoms with van der Waals surface area (Å²) in [6.07, 6.45) is 16.4. The van der Waals surface area contributed by atoms with E-state index in [1.165, 1.54) is 63.9 Å². The third-order valence-electron chi connectivity index (χ3n) is 6.67. The van der Waals surface area contributed by atoms with Gasteiger partial charge in [0.1, 0.15) is 25.8 Å². The Morgan fingerprint density at radius 1 is 0.976 bits per heavy atom. The number of imidazole rings is 1. The lowest BCUT2D eigenvalue weighted by Crippen LogP contribution is -2.40. The fourth-order valence-electron chi connectivity index (χ4n) is 4.09. The van der Waals surface area contributed by atoms with Gasteiger partial charge in [0.2, 0.25) is 0 Å². The molecule has 244 valence electrons. The fraction of sp³-hybridized carbons (Fsp3) is 0.828. The minimum atomic E-state index is -4.67. The molecule has 13 heteroatoms. The molecule has 0 spiro atoms. The molecule has 0 saturated heterocycles. The molecule has 3 N–H and O–H groups in total. The van der Waals surface area contributed by atoms with E-state index in [0.717, 1.165) is 19.3 Å². The molecule has 0 bridgehead atoms. The first-order valence-corrected chi connectivity index (χ1v) is 16.9. The fourth-order valence-corrected chi connectivity index (χ4v) is 4.82. The van der Waals surface area contributed by atoms with Crippen molar-refractivity contribution in [1.29, 1.82) is 0 Å². The van der Waals surface area contributed by atoms with Crippen LogP contribution in [0.4, 0.5) is 0 Å². The van der Waals surface area contributed by atoms with Gasteiger partial charge in [0.15, 0.2) is 6.10 Å². The van der Waals surface area contributed by atoms with Crippen molar-refractivity contribution in [2.24, 2.45) is 5.73 Å². The number of rotatable bonds is 26. The minimum Gasteiger partial charge on any atom is -0.756 e. The number of H-pyrrole nitrogens is 1. The van der Waals surface area contributed by atoms with Crippen LogP contribution in [0.25, 0.3) is 0 Å². The van der Waals surface area contributed by atoms with E-state index in [2.05, 4.69) is 16.9 Å². The van der Waals surface area contributed by atoms with Crippen molar-refractivity contribution >= 4 is 19.8 Å². The Kier molecular flexibility index (Phi) is 19.8. The van der Waals surface area contributed by atoms with Crippen LogP contribution in [0.2, 0.25) is 0 Å². The van der Waals surface area contributed by atoms with Crippen LogP contribution in [0.15, 0.2) is 12.5 Å². The van der Waals surface area contributed by atoms with Gasteiger partial charge in [-0.3, -0.25) is 14.2 Å². The molecule has 0 aliphatic carbocycles. The van der Waals surface area contributed by atoms with E-state index in [1.54, 1.807) is 0 Å². The third kappa shape index (κ3) is 21.0. The van der Waals surface area contributed by atoms with Crippen LogP contribution in [0.1, 0.15) is 96.1 Å².